The van der Waals surface area contributed by atoms with Crippen LogP contribution in [0.15, 0.2) is 23.8 Å². The topological polar surface area (TPSA) is 125 Å². The minimum absolute atomic E-state index is 0.0226. The van der Waals surface area contributed by atoms with Crippen LogP contribution in [0.25, 0.3) is 0 Å². The fraction of sp³-hybridized carbons (Fsp3) is 0.645. The number of fused-ring (bicyclic) bond motifs is 3. The van der Waals surface area contributed by atoms with Crippen molar-refractivity contribution in [1.29, 1.82) is 0 Å². The van der Waals surface area contributed by atoms with Gasteiger partial charge in [0.2, 0.25) is 11.8 Å². The Hall–Kier alpha value is -2.91. The Kier molecular flexibility index (Phi) is 9.10. The van der Waals surface area contributed by atoms with Crippen molar-refractivity contribution in [2.75, 3.05) is 20.3 Å². The molecule has 2 saturated carbocycles. The predicted molar refractivity (Wildman–Crippen MR) is 148 cm³/mol. The molecule has 1 aromatic carbocycles. The normalized spacial score (nSPS) is 26.6. The standard InChI is InChI=1S/C31H42N2O7/c1-39-25-15-20(18-35)14-22-27-23(31(38)32-12-13-34)17-24(28(37)30(27)40-29(22)25)33(21-10-4-2-3-5-11-21)26(36)16-19-8-6-7-9-19/h14-15,17-19,21,24,27-28,30,34,37H,2-13,16H2,1H3,(H,32,38). The zero-order valence-electron chi connectivity index (χ0n) is 23.3. The number of rotatable bonds is 9. The number of hydrogen-bond acceptors (Lipinski definition) is 7. The Bertz CT molecular complexity index is 1120. The van der Waals surface area contributed by atoms with Crippen LogP contribution in [0.4, 0.5) is 0 Å². The Labute approximate surface area is 235 Å². The minimum Gasteiger partial charge on any atom is -0.493 e. The minimum atomic E-state index is -1.09. The molecule has 9 heteroatoms. The molecule has 4 unspecified atom stereocenters. The van der Waals surface area contributed by atoms with Crippen molar-refractivity contribution in [2.24, 2.45) is 5.92 Å². The summed E-state index contributed by atoms with van der Waals surface area (Å²) < 4.78 is 11.9. The second-order valence-corrected chi connectivity index (χ2v) is 11.7. The Balaban J connectivity index is 1.57. The molecule has 1 aromatic rings. The summed E-state index contributed by atoms with van der Waals surface area (Å²) in [5, 5.41) is 24.0. The van der Waals surface area contributed by atoms with Gasteiger partial charge in [0.1, 0.15) is 18.5 Å². The fourth-order valence-corrected chi connectivity index (χ4v) is 7.25. The van der Waals surface area contributed by atoms with Gasteiger partial charge in [-0.15, -0.1) is 0 Å². The van der Waals surface area contributed by atoms with Crippen LogP contribution in [0.2, 0.25) is 0 Å². The molecule has 40 heavy (non-hydrogen) atoms. The van der Waals surface area contributed by atoms with E-state index in [2.05, 4.69) is 5.32 Å². The zero-order chi connectivity index (χ0) is 28.2. The molecule has 2 amide bonds. The number of amides is 2. The van der Waals surface area contributed by atoms with Gasteiger partial charge >= 0.3 is 0 Å². The lowest BCUT2D eigenvalue weighted by Gasteiger charge is -2.44. The highest BCUT2D eigenvalue weighted by Gasteiger charge is 2.52. The number of aliphatic hydroxyl groups excluding tert-OH is 2. The molecule has 9 nitrogen and oxygen atoms in total. The lowest BCUT2D eigenvalue weighted by molar-refractivity contribution is -0.142. The third-order valence-corrected chi connectivity index (χ3v) is 9.18. The molecule has 1 heterocycles. The average Bonchev–Trinajstić information content (AvgIpc) is 3.53. The first-order valence-corrected chi connectivity index (χ1v) is 14.9. The fourth-order valence-electron chi connectivity index (χ4n) is 7.25. The predicted octanol–water partition coefficient (Wildman–Crippen LogP) is 3.26. The number of carbonyl (C=O) groups is 3. The van der Waals surface area contributed by atoms with E-state index in [1.165, 1.54) is 7.11 Å². The van der Waals surface area contributed by atoms with Crippen molar-refractivity contribution in [1.82, 2.24) is 10.2 Å². The molecule has 2 fully saturated rings. The molecule has 0 radical (unpaired) electrons. The van der Waals surface area contributed by atoms with Crippen LogP contribution in [-0.4, -0.2) is 77.8 Å². The maximum Gasteiger partial charge on any atom is 0.247 e. The number of ether oxygens (including phenoxy) is 2. The van der Waals surface area contributed by atoms with Gasteiger partial charge in [0.15, 0.2) is 11.5 Å². The summed E-state index contributed by atoms with van der Waals surface area (Å²) in [6.07, 6.45) is 11.4. The van der Waals surface area contributed by atoms with Gasteiger partial charge in [-0.25, -0.2) is 0 Å². The summed E-state index contributed by atoms with van der Waals surface area (Å²) in [5.41, 5.74) is 1.33. The molecule has 0 aromatic heterocycles. The van der Waals surface area contributed by atoms with E-state index in [-0.39, 0.29) is 25.1 Å². The van der Waals surface area contributed by atoms with Crippen molar-refractivity contribution in [3.05, 3.63) is 34.9 Å². The third kappa shape index (κ3) is 5.63. The molecular formula is C31H42N2O7. The van der Waals surface area contributed by atoms with E-state index < -0.39 is 30.1 Å². The van der Waals surface area contributed by atoms with E-state index >= 15 is 0 Å². The van der Waals surface area contributed by atoms with Crippen LogP contribution in [0.1, 0.15) is 92.5 Å². The maximum absolute atomic E-state index is 14.1. The number of benzene rings is 1. The third-order valence-electron chi connectivity index (χ3n) is 9.18. The summed E-state index contributed by atoms with van der Waals surface area (Å²) in [5.74, 6) is 0.0759. The second kappa shape index (κ2) is 12.7. The van der Waals surface area contributed by atoms with Crippen LogP contribution in [0.5, 0.6) is 11.5 Å². The molecular weight excluding hydrogens is 512 g/mol. The van der Waals surface area contributed by atoms with Crippen molar-refractivity contribution < 1.29 is 34.1 Å². The van der Waals surface area contributed by atoms with E-state index in [0.717, 1.165) is 64.2 Å². The van der Waals surface area contributed by atoms with Crippen LogP contribution in [-0.2, 0) is 9.59 Å². The molecule has 0 saturated heterocycles. The van der Waals surface area contributed by atoms with Gasteiger partial charge in [-0.3, -0.25) is 14.4 Å². The SMILES string of the molecule is COc1cc(C=O)cc2c1OC1C2C(C(=O)NCCO)=CC(N(C(=O)CC2CCCC2)C2CCCCCC2)C1O. The van der Waals surface area contributed by atoms with E-state index in [9.17, 15) is 24.6 Å². The first-order chi connectivity index (χ1) is 19.5. The number of nitrogens with zero attached hydrogens (tertiary/aromatic N) is 1. The second-order valence-electron chi connectivity index (χ2n) is 11.7. The molecule has 1 aliphatic heterocycles. The molecule has 3 N–H and O–H groups in total. The zero-order valence-corrected chi connectivity index (χ0v) is 23.3. The van der Waals surface area contributed by atoms with E-state index in [1.807, 2.05) is 4.90 Å². The summed E-state index contributed by atoms with van der Waals surface area (Å²) in [7, 11) is 1.48. The van der Waals surface area contributed by atoms with E-state index in [4.69, 9.17) is 9.47 Å². The number of aliphatic hydroxyl groups is 2. The van der Waals surface area contributed by atoms with Gasteiger partial charge < -0.3 is 29.9 Å². The monoisotopic (exact) mass is 554 g/mol. The van der Waals surface area contributed by atoms with Crippen molar-refractivity contribution >= 4 is 18.1 Å². The summed E-state index contributed by atoms with van der Waals surface area (Å²) in [6.45, 7) is -0.150. The maximum atomic E-state index is 14.1. The Morgan fingerprint density at radius 3 is 2.45 bits per heavy atom. The first kappa shape index (κ1) is 28.6. The van der Waals surface area contributed by atoms with E-state index in [1.54, 1.807) is 18.2 Å². The highest BCUT2D eigenvalue weighted by Crippen LogP contribution is 2.51. The van der Waals surface area contributed by atoms with Gasteiger partial charge in [0.25, 0.3) is 0 Å². The van der Waals surface area contributed by atoms with Crippen LogP contribution in [0.3, 0.4) is 0 Å². The summed E-state index contributed by atoms with van der Waals surface area (Å²) in [4.78, 5) is 41.2. The van der Waals surface area contributed by atoms with Gasteiger partial charge in [-0.1, -0.05) is 38.5 Å². The first-order valence-electron chi connectivity index (χ1n) is 14.9. The van der Waals surface area contributed by atoms with Gasteiger partial charge in [0, 0.05) is 35.7 Å². The molecule has 4 aliphatic rings. The lowest BCUT2D eigenvalue weighted by atomic mass is 9.76. The molecule has 5 rings (SSSR count). The number of methoxy groups -OCH3 is 1. The van der Waals surface area contributed by atoms with Gasteiger partial charge in [-0.2, -0.15) is 0 Å². The highest BCUT2D eigenvalue weighted by atomic mass is 16.5. The number of aldehydes is 1. The van der Waals surface area contributed by atoms with Gasteiger partial charge in [-0.05, 0) is 49.8 Å². The van der Waals surface area contributed by atoms with E-state index in [0.29, 0.717) is 46.8 Å². The average molecular weight is 555 g/mol. The van der Waals surface area contributed by atoms with Crippen LogP contribution < -0.4 is 14.8 Å². The van der Waals surface area contributed by atoms with Crippen molar-refractivity contribution in [3.63, 3.8) is 0 Å². The molecule has 0 spiro atoms. The Morgan fingerprint density at radius 1 is 1.10 bits per heavy atom. The van der Waals surface area contributed by atoms with Crippen molar-refractivity contribution in [2.45, 2.75) is 101 Å². The lowest BCUT2D eigenvalue weighted by Crippen LogP contribution is -2.58. The quantitative estimate of drug-likeness (QED) is 0.316. The molecule has 3 aliphatic carbocycles. The molecule has 0 bridgehead atoms. The summed E-state index contributed by atoms with van der Waals surface area (Å²) in [6, 6.07) is 2.49. The van der Waals surface area contributed by atoms with Crippen LogP contribution in [0, 0.1) is 5.92 Å². The van der Waals surface area contributed by atoms with Crippen LogP contribution >= 0.6 is 0 Å². The van der Waals surface area contributed by atoms with Gasteiger partial charge in [0.05, 0.1) is 25.7 Å². The van der Waals surface area contributed by atoms with Crippen molar-refractivity contribution in [3.8, 4) is 11.5 Å². The molecule has 4 atom stereocenters. The Morgan fingerprint density at radius 2 is 1.80 bits per heavy atom. The largest absolute Gasteiger partial charge is 0.493 e. The summed E-state index contributed by atoms with van der Waals surface area (Å²) >= 11 is 0. The highest BCUT2D eigenvalue weighted by molar-refractivity contribution is 5.96. The smallest absolute Gasteiger partial charge is 0.247 e. The molecule has 218 valence electrons. The number of hydrogen-bond donors (Lipinski definition) is 3. The number of carbonyl (C=O) groups excluding carboxylic acids is 3. The number of nitrogens with one attached hydrogen (secondary N) is 1.